The highest BCUT2D eigenvalue weighted by molar-refractivity contribution is 6.35. The number of carbonyl (C=O) groups is 4. The molecule has 0 aromatic heterocycles. The Hall–Kier alpha value is -3.23. The maximum absolute atomic E-state index is 13.7. The van der Waals surface area contributed by atoms with Gasteiger partial charge in [0.15, 0.2) is 0 Å². The van der Waals surface area contributed by atoms with E-state index in [0.29, 0.717) is 22.7 Å². The third-order valence-corrected chi connectivity index (χ3v) is 7.45. The number of hydrogen-bond acceptors (Lipinski definition) is 5. The lowest BCUT2D eigenvalue weighted by molar-refractivity contribution is -0.143. The van der Waals surface area contributed by atoms with Crippen molar-refractivity contribution in [3.05, 3.63) is 64.2 Å². The van der Waals surface area contributed by atoms with Crippen LogP contribution in [-0.2, 0) is 31.1 Å². The van der Waals surface area contributed by atoms with Crippen LogP contribution < -0.4 is 10.6 Å². The van der Waals surface area contributed by atoms with Gasteiger partial charge in [-0.25, -0.2) is 0 Å². The lowest BCUT2D eigenvalue weighted by Crippen LogP contribution is -2.53. The van der Waals surface area contributed by atoms with E-state index in [1.54, 1.807) is 12.1 Å². The van der Waals surface area contributed by atoms with Crippen LogP contribution in [0.3, 0.4) is 0 Å². The predicted octanol–water partition coefficient (Wildman–Crippen LogP) is 2.48. The van der Waals surface area contributed by atoms with Crippen molar-refractivity contribution < 1.29 is 24.3 Å². The van der Waals surface area contributed by atoms with Crippen LogP contribution in [-0.4, -0.2) is 46.3 Å². The Morgan fingerprint density at radius 3 is 2.59 bits per heavy atom. The molecular formula is C25H24ClN3O5. The average molecular weight is 482 g/mol. The minimum absolute atomic E-state index is 0.117. The summed E-state index contributed by atoms with van der Waals surface area (Å²) >= 11 is 6.41. The lowest BCUT2D eigenvalue weighted by Gasteiger charge is -2.29. The van der Waals surface area contributed by atoms with Gasteiger partial charge in [-0.1, -0.05) is 48.0 Å². The lowest BCUT2D eigenvalue weighted by atomic mass is 9.76. The minimum Gasteiger partial charge on any atom is -0.481 e. The van der Waals surface area contributed by atoms with Crippen LogP contribution in [0.25, 0.3) is 0 Å². The Bertz CT molecular complexity index is 1220. The summed E-state index contributed by atoms with van der Waals surface area (Å²) in [4.78, 5) is 53.2. The molecule has 1 spiro atoms. The number of benzene rings is 2. The molecule has 2 aromatic rings. The topological polar surface area (TPSA) is 116 Å². The number of imide groups is 1. The fraction of sp³-hybridized carbons (Fsp3) is 0.360. The highest BCUT2D eigenvalue weighted by Gasteiger charge is 2.70. The van der Waals surface area contributed by atoms with E-state index in [1.807, 2.05) is 37.3 Å². The number of halogens is 1. The molecule has 34 heavy (non-hydrogen) atoms. The average Bonchev–Trinajstić information content (AvgIpc) is 3.37. The zero-order chi connectivity index (χ0) is 24.2. The van der Waals surface area contributed by atoms with Gasteiger partial charge in [0, 0.05) is 24.6 Å². The molecule has 0 bridgehead atoms. The Kier molecular flexibility index (Phi) is 5.45. The summed E-state index contributed by atoms with van der Waals surface area (Å²) in [6.45, 7) is 2.03. The monoisotopic (exact) mass is 481 g/mol. The second kappa shape index (κ2) is 8.21. The Balaban J connectivity index is 1.55. The molecule has 3 heterocycles. The quantitative estimate of drug-likeness (QED) is 0.546. The molecule has 176 valence electrons. The van der Waals surface area contributed by atoms with Crippen LogP contribution in [0.5, 0.6) is 0 Å². The van der Waals surface area contributed by atoms with Gasteiger partial charge in [-0.05, 0) is 37.0 Å². The van der Waals surface area contributed by atoms with Crippen molar-refractivity contribution in [3.63, 3.8) is 0 Å². The van der Waals surface area contributed by atoms with Crippen molar-refractivity contribution in [2.24, 2.45) is 11.8 Å². The first kappa shape index (κ1) is 22.6. The fourth-order valence-corrected chi connectivity index (χ4v) is 6.01. The van der Waals surface area contributed by atoms with E-state index < -0.39 is 41.2 Å². The van der Waals surface area contributed by atoms with Gasteiger partial charge >= 0.3 is 5.97 Å². The Labute approximate surface area is 201 Å². The van der Waals surface area contributed by atoms with E-state index in [9.17, 15) is 24.3 Å². The molecule has 2 aromatic carbocycles. The van der Waals surface area contributed by atoms with Crippen molar-refractivity contribution in [1.82, 2.24) is 10.2 Å². The second-order valence-electron chi connectivity index (χ2n) is 9.18. The molecule has 3 N–H and O–H groups in total. The summed E-state index contributed by atoms with van der Waals surface area (Å²) in [7, 11) is 0. The van der Waals surface area contributed by atoms with Crippen LogP contribution >= 0.6 is 11.6 Å². The van der Waals surface area contributed by atoms with Gasteiger partial charge in [0.1, 0.15) is 5.54 Å². The van der Waals surface area contributed by atoms with Gasteiger partial charge in [0.25, 0.3) is 0 Å². The van der Waals surface area contributed by atoms with E-state index in [4.69, 9.17) is 11.6 Å². The van der Waals surface area contributed by atoms with Gasteiger partial charge in [-0.3, -0.25) is 29.4 Å². The first-order chi connectivity index (χ1) is 16.2. The largest absolute Gasteiger partial charge is 0.481 e. The summed E-state index contributed by atoms with van der Waals surface area (Å²) in [5, 5.41) is 15.6. The number of rotatable bonds is 6. The number of aryl methyl sites for hydroxylation is 1. The van der Waals surface area contributed by atoms with Gasteiger partial charge in [0.05, 0.1) is 22.5 Å². The van der Waals surface area contributed by atoms with E-state index in [-0.39, 0.29) is 25.3 Å². The van der Waals surface area contributed by atoms with Crippen LogP contribution in [0, 0.1) is 18.8 Å². The molecule has 4 atom stereocenters. The van der Waals surface area contributed by atoms with Crippen LogP contribution in [0.2, 0.25) is 5.02 Å². The number of nitrogens with one attached hydrogen (secondary N) is 2. The Morgan fingerprint density at radius 2 is 1.88 bits per heavy atom. The molecule has 0 radical (unpaired) electrons. The second-order valence-corrected chi connectivity index (χ2v) is 9.59. The van der Waals surface area contributed by atoms with Crippen molar-refractivity contribution in [1.29, 1.82) is 0 Å². The number of hydrogen-bond donors (Lipinski definition) is 3. The van der Waals surface area contributed by atoms with Crippen molar-refractivity contribution >= 4 is 41.0 Å². The SMILES string of the molecule is Cc1cc(Cl)c2c(c1)[C@@]1(N[C@@H](CCC(=O)O)[C@H]3C(=O)N(CCc4ccccc4)C(=O)[C@H]31)C(=O)N2. The maximum Gasteiger partial charge on any atom is 0.303 e. The first-order valence-electron chi connectivity index (χ1n) is 11.2. The van der Waals surface area contributed by atoms with Gasteiger partial charge in [-0.2, -0.15) is 0 Å². The van der Waals surface area contributed by atoms with Crippen molar-refractivity contribution in [2.45, 2.75) is 37.8 Å². The van der Waals surface area contributed by atoms with E-state index in [1.165, 1.54) is 4.90 Å². The number of carboxylic acid groups (broad SMARTS) is 1. The summed E-state index contributed by atoms with van der Waals surface area (Å²) in [6.07, 6.45) is 0.420. The molecule has 9 heteroatoms. The van der Waals surface area contributed by atoms with E-state index in [2.05, 4.69) is 10.6 Å². The molecule has 5 rings (SSSR count). The first-order valence-corrected chi connectivity index (χ1v) is 11.6. The number of anilines is 1. The van der Waals surface area contributed by atoms with E-state index >= 15 is 0 Å². The standard InChI is InChI=1S/C25H24ClN3O5/c1-13-11-15-21(16(26)12-13)27-24(34)25(15)20-19(17(28-25)7-8-18(30)31)22(32)29(23(20)33)10-9-14-5-3-2-4-6-14/h2-6,11-12,17,19-20,28H,7-10H2,1H3,(H,27,34)(H,30,31)/t17-,19+,20-,25-/m0/s1. The van der Waals surface area contributed by atoms with Crippen LogP contribution in [0.4, 0.5) is 5.69 Å². The number of amides is 3. The Morgan fingerprint density at radius 1 is 1.15 bits per heavy atom. The van der Waals surface area contributed by atoms with Gasteiger partial charge in [-0.15, -0.1) is 0 Å². The number of fused-ring (bicyclic) bond motifs is 4. The summed E-state index contributed by atoms with van der Waals surface area (Å²) in [5.74, 6) is -4.06. The third kappa shape index (κ3) is 3.32. The molecule has 2 fully saturated rings. The number of carboxylic acids is 1. The summed E-state index contributed by atoms with van der Waals surface area (Å²) in [5.41, 5.74) is 1.27. The number of aliphatic carboxylic acids is 1. The third-order valence-electron chi connectivity index (χ3n) is 7.15. The van der Waals surface area contributed by atoms with Gasteiger partial charge < -0.3 is 10.4 Å². The smallest absolute Gasteiger partial charge is 0.303 e. The zero-order valence-corrected chi connectivity index (χ0v) is 19.3. The number of carbonyl (C=O) groups excluding carboxylic acids is 3. The highest BCUT2D eigenvalue weighted by atomic mass is 35.5. The minimum atomic E-state index is -1.48. The predicted molar refractivity (Wildman–Crippen MR) is 124 cm³/mol. The fourth-order valence-electron chi connectivity index (χ4n) is 5.69. The molecule has 0 unspecified atom stereocenters. The number of nitrogens with zero attached hydrogens (tertiary/aromatic N) is 1. The normalized spacial score (nSPS) is 27.3. The molecule has 0 aliphatic carbocycles. The zero-order valence-electron chi connectivity index (χ0n) is 18.5. The van der Waals surface area contributed by atoms with Gasteiger partial charge in [0.2, 0.25) is 17.7 Å². The highest BCUT2D eigenvalue weighted by Crippen LogP contribution is 2.54. The van der Waals surface area contributed by atoms with Crippen molar-refractivity contribution in [3.8, 4) is 0 Å². The van der Waals surface area contributed by atoms with Crippen molar-refractivity contribution in [2.75, 3.05) is 11.9 Å². The summed E-state index contributed by atoms with van der Waals surface area (Å²) in [6, 6.07) is 12.4. The number of likely N-dealkylation sites (tertiary alicyclic amines) is 1. The molecule has 3 aliphatic rings. The molecule has 0 saturated carbocycles. The molecule has 3 amide bonds. The molecule has 8 nitrogen and oxygen atoms in total. The molecular weight excluding hydrogens is 458 g/mol. The molecule has 3 aliphatic heterocycles. The van der Waals surface area contributed by atoms with Crippen LogP contribution in [0.15, 0.2) is 42.5 Å². The molecule has 2 saturated heterocycles. The summed E-state index contributed by atoms with van der Waals surface area (Å²) < 4.78 is 0. The maximum atomic E-state index is 13.7. The van der Waals surface area contributed by atoms with E-state index in [0.717, 1.165) is 11.1 Å². The van der Waals surface area contributed by atoms with Crippen LogP contribution in [0.1, 0.15) is 29.5 Å².